The molecule has 8 nitrogen and oxygen atoms in total. The van der Waals surface area contributed by atoms with Gasteiger partial charge in [-0.25, -0.2) is 9.59 Å². The number of hydrogen-bond acceptors (Lipinski definition) is 7. The van der Waals surface area contributed by atoms with Crippen LogP contribution in [-0.4, -0.2) is 50.5 Å². The molecule has 4 N–H and O–H groups in total. The van der Waals surface area contributed by atoms with Crippen LogP contribution in [0.15, 0.2) is 0 Å². The normalized spacial score (nSPS) is 25.9. The number of rotatable bonds is 2. The fourth-order valence-corrected chi connectivity index (χ4v) is 4.09. The van der Waals surface area contributed by atoms with Crippen molar-refractivity contribution in [3.63, 3.8) is 0 Å². The van der Waals surface area contributed by atoms with Gasteiger partial charge < -0.3 is 20.8 Å². The number of aromatic nitrogens is 2. The SMILES string of the molecule is CC(C)c1nnc(N2C3CCC2CC(N)C3)s1.O=C(O)C(=O)O. The Kier molecular flexibility index (Phi) is 5.53. The highest BCUT2D eigenvalue weighted by molar-refractivity contribution is 7.15. The van der Waals surface area contributed by atoms with Gasteiger partial charge in [-0.2, -0.15) is 0 Å². The third-order valence-electron chi connectivity index (χ3n) is 4.10. The van der Waals surface area contributed by atoms with Crippen LogP contribution in [0.3, 0.4) is 0 Å². The lowest BCUT2D eigenvalue weighted by atomic mass is 9.99. The molecule has 3 heterocycles. The smallest absolute Gasteiger partial charge is 0.414 e. The molecule has 2 aliphatic rings. The van der Waals surface area contributed by atoms with E-state index in [-0.39, 0.29) is 0 Å². The van der Waals surface area contributed by atoms with Crippen LogP contribution >= 0.6 is 11.3 Å². The molecule has 0 spiro atoms. The Morgan fingerprint density at radius 3 is 2.09 bits per heavy atom. The zero-order chi connectivity index (χ0) is 17.1. The molecule has 2 atom stereocenters. The summed E-state index contributed by atoms with van der Waals surface area (Å²) in [5.74, 6) is -3.17. The second-order valence-corrected chi connectivity index (χ2v) is 7.20. The van der Waals surface area contributed by atoms with Crippen molar-refractivity contribution >= 4 is 28.4 Å². The lowest BCUT2D eigenvalue weighted by Gasteiger charge is -2.37. The monoisotopic (exact) mass is 342 g/mol. The van der Waals surface area contributed by atoms with Gasteiger partial charge in [0.25, 0.3) is 0 Å². The summed E-state index contributed by atoms with van der Waals surface area (Å²) in [6.45, 7) is 4.34. The number of fused-ring (bicyclic) bond motifs is 2. The standard InChI is InChI=1S/C12H20N4S.C2H2O4/c1-7(2)11-14-15-12(17-11)16-9-3-4-10(16)6-8(13)5-9;3-1(4)2(5)6/h7-10H,3-6,13H2,1-2H3;(H,3,4)(H,5,6). The van der Waals surface area contributed by atoms with E-state index in [1.807, 2.05) is 0 Å². The van der Waals surface area contributed by atoms with Crippen molar-refractivity contribution in [3.05, 3.63) is 5.01 Å². The minimum absolute atomic E-state index is 0.390. The van der Waals surface area contributed by atoms with E-state index in [0.717, 1.165) is 23.0 Å². The summed E-state index contributed by atoms with van der Waals surface area (Å²) in [7, 11) is 0. The molecule has 0 saturated carbocycles. The Morgan fingerprint density at radius 1 is 1.17 bits per heavy atom. The number of anilines is 1. The Morgan fingerprint density at radius 2 is 1.70 bits per heavy atom. The van der Waals surface area contributed by atoms with Crippen molar-refractivity contribution in [2.45, 2.75) is 63.6 Å². The number of carbonyl (C=O) groups is 2. The molecule has 0 amide bonds. The number of carboxylic acid groups (broad SMARTS) is 2. The summed E-state index contributed by atoms with van der Waals surface area (Å²) in [6.07, 6.45) is 4.78. The van der Waals surface area contributed by atoms with Crippen molar-refractivity contribution in [2.75, 3.05) is 4.90 Å². The fraction of sp³-hybridized carbons (Fsp3) is 0.714. The number of aliphatic carboxylic acids is 2. The molecule has 2 unspecified atom stereocenters. The zero-order valence-electron chi connectivity index (χ0n) is 13.2. The molecule has 1 aromatic rings. The molecule has 0 aliphatic carbocycles. The number of carboxylic acids is 2. The van der Waals surface area contributed by atoms with Gasteiger partial charge in [0.05, 0.1) is 0 Å². The first-order valence-electron chi connectivity index (χ1n) is 7.63. The molecule has 0 aromatic carbocycles. The van der Waals surface area contributed by atoms with Crippen LogP contribution < -0.4 is 10.6 Å². The van der Waals surface area contributed by atoms with Crippen molar-refractivity contribution in [3.8, 4) is 0 Å². The van der Waals surface area contributed by atoms with Gasteiger partial charge in [0.1, 0.15) is 5.01 Å². The molecule has 0 radical (unpaired) electrons. The predicted molar refractivity (Wildman–Crippen MR) is 85.8 cm³/mol. The van der Waals surface area contributed by atoms with Gasteiger partial charge in [-0.3, -0.25) is 0 Å². The summed E-state index contributed by atoms with van der Waals surface area (Å²) in [4.78, 5) is 20.7. The molecule has 2 bridgehead atoms. The number of nitrogens with two attached hydrogens (primary N) is 1. The van der Waals surface area contributed by atoms with Gasteiger partial charge in [-0.15, -0.1) is 10.2 Å². The summed E-state index contributed by atoms with van der Waals surface area (Å²) in [6, 6.07) is 1.61. The lowest BCUT2D eigenvalue weighted by molar-refractivity contribution is -0.159. The van der Waals surface area contributed by atoms with Crippen molar-refractivity contribution in [1.29, 1.82) is 0 Å². The van der Waals surface area contributed by atoms with Gasteiger partial charge >= 0.3 is 11.9 Å². The van der Waals surface area contributed by atoms with Crippen LogP contribution in [0.1, 0.15) is 50.5 Å². The predicted octanol–water partition coefficient (Wildman–Crippen LogP) is 1.28. The van der Waals surface area contributed by atoms with Crippen molar-refractivity contribution in [1.82, 2.24) is 10.2 Å². The first-order chi connectivity index (χ1) is 10.8. The molecular weight excluding hydrogens is 320 g/mol. The molecule has 9 heteroatoms. The molecule has 3 rings (SSSR count). The summed E-state index contributed by atoms with van der Waals surface area (Å²) >= 11 is 1.76. The maximum absolute atomic E-state index is 9.10. The van der Waals surface area contributed by atoms with Crippen LogP contribution in [0.4, 0.5) is 5.13 Å². The van der Waals surface area contributed by atoms with E-state index in [2.05, 4.69) is 28.9 Å². The Labute approximate surface area is 138 Å². The van der Waals surface area contributed by atoms with Crippen molar-refractivity contribution in [2.24, 2.45) is 5.73 Å². The van der Waals surface area contributed by atoms with E-state index in [4.69, 9.17) is 25.5 Å². The van der Waals surface area contributed by atoms with Gasteiger partial charge in [0.2, 0.25) is 5.13 Å². The van der Waals surface area contributed by atoms with E-state index in [0.29, 0.717) is 24.0 Å². The van der Waals surface area contributed by atoms with Crippen LogP contribution in [0.25, 0.3) is 0 Å². The molecular formula is C14H22N4O4S. The highest BCUT2D eigenvalue weighted by Gasteiger charge is 2.41. The topological polar surface area (TPSA) is 130 Å². The first-order valence-corrected chi connectivity index (χ1v) is 8.44. The highest BCUT2D eigenvalue weighted by atomic mass is 32.1. The number of piperidine rings is 1. The van der Waals surface area contributed by atoms with Crippen LogP contribution in [0.2, 0.25) is 0 Å². The van der Waals surface area contributed by atoms with Crippen LogP contribution in [0.5, 0.6) is 0 Å². The second kappa shape index (κ2) is 7.22. The Hall–Kier alpha value is -1.74. The maximum Gasteiger partial charge on any atom is 0.414 e. The fourth-order valence-electron chi connectivity index (χ4n) is 3.10. The molecule has 2 fully saturated rings. The molecule has 1 aromatic heterocycles. The third-order valence-corrected chi connectivity index (χ3v) is 5.33. The maximum atomic E-state index is 9.10. The zero-order valence-corrected chi connectivity index (χ0v) is 14.0. The van der Waals surface area contributed by atoms with Crippen molar-refractivity contribution < 1.29 is 19.8 Å². The lowest BCUT2D eigenvalue weighted by Crippen LogP contribution is -2.47. The Balaban J connectivity index is 0.000000277. The molecule has 2 aliphatic heterocycles. The van der Waals surface area contributed by atoms with E-state index >= 15 is 0 Å². The van der Waals surface area contributed by atoms with Gasteiger partial charge in [0.15, 0.2) is 0 Å². The van der Waals surface area contributed by atoms with Crippen LogP contribution in [0, 0.1) is 0 Å². The number of nitrogens with zero attached hydrogens (tertiary/aromatic N) is 3. The van der Waals surface area contributed by atoms with E-state index < -0.39 is 11.9 Å². The quantitative estimate of drug-likeness (QED) is 0.685. The van der Waals surface area contributed by atoms with E-state index in [1.54, 1.807) is 11.3 Å². The minimum Gasteiger partial charge on any atom is -0.473 e. The van der Waals surface area contributed by atoms with E-state index in [9.17, 15) is 0 Å². The highest BCUT2D eigenvalue weighted by Crippen LogP contribution is 2.40. The van der Waals surface area contributed by atoms with Gasteiger partial charge in [-0.1, -0.05) is 25.2 Å². The Bertz CT molecular complexity index is 551. The summed E-state index contributed by atoms with van der Waals surface area (Å²) in [5.41, 5.74) is 6.09. The second-order valence-electron chi connectivity index (χ2n) is 6.21. The van der Waals surface area contributed by atoms with E-state index in [1.165, 1.54) is 12.8 Å². The van der Waals surface area contributed by atoms with Crippen LogP contribution in [-0.2, 0) is 9.59 Å². The molecule has 128 valence electrons. The minimum atomic E-state index is -1.82. The van der Waals surface area contributed by atoms with Gasteiger partial charge in [0, 0.05) is 24.0 Å². The average molecular weight is 342 g/mol. The number of hydrogen-bond donors (Lipinski definition) is 3. The first kappa shape index (κ1) is 17.6. The molecule has 23 heavy (non-hydrogen) atoms. The average Bonchev–Trinajstić information content (AvgIpc) is 3.02. The summed E-state index contributed by atoms with van der Waals surface area (Å²) in [5, 5.41) is 25.7. The summed E-state index contributed by atoms with van der Waals surface area (Å²) < 4.78 is 0. The third kappa shape index (κ3) is 4.17. The molecule has 2 saturated heterocycles. The van der Waals surface area contributed by atoms with Gasteiger partial charge in [-0.05, 0) is 25.7 Å². The largest absolute Gasteiger partial charge is 0.473 e.